The first-order valence-corrected chi connectivity index (χ1v) is 11.3. The van der Waals surface area contributed by atoms with Crippen LogP contribution in [0.25, 0.3) is 0 Å². The lowest BCUT2D eigenvalue weighted by Gasteiger charge is -2.39. The normalized spacial score (nSPS) is 18.3. The molecule has 1 atom stereocenters. The Balaban J connectivity index is 1.44. The average Bonchev–Trinajstić information content (AvgIpc) is 2.80. The second-order valence-electron chi connectivity index (χ2n) is 8.67. The number of nitrogens with zero attached hydrogens (tertiary/aromatic N) is 3. The number of hydrogen-bond acceptors (Lipinski definition) is 5. The first kappa shape index (κ1) is 21.7. The van der Waals surface area contributed by atoms with Crippen molar-refractivity contribution in [2.45, 2.75) is 18.9 Å². The van der Waals surface area contributed by atoms with Gasteiger partial charge in [-0.1, -0.05) is 30.3 Å². The Morgan fingerprint density at radius 1 is 1.03 bits per heavy atom. The van der Waals surface area contributed by atoms with Gasteiger partial charge in [-0.25, -0.2) is 0 Å². The number of rotatable bonds is 7. The van der Waals surface area contributed by atoms with Crippen LogP contribution < -0.4 is 15.0 Å². The van der Waals surface area contributed by atoms with Crippen LogP contribution >= 0.6 is 0 Å². The molecule has 2 aliphatic heterocycles. The average molecular weight is 423 g/mol. The van der Waals surface area contributed by atoms with Crippen molar-refractivity contribution in [1.29, 1.82) is 0 Å². The molecule has 0 spiro atoms. The topological polar surface area (TPSA) is 48.1 Å². The van der Waals surface area contributed by atoms with Gasteiger partial charge in [-0.3, -0.25) is 9.69 Å². The number of anilines is 1. The van der Waals surface area contributed by atoms with Gasteiger partial charge < -0.3 is 19.9 Å². The lowest BCUT2D eigenvalue weighted by Crippen LogP contribution is -2.48. The zero-order chi connectivity index (χ0) is 21.6. The maximum absolute atomic E-state index is 12.5. The van der Waals surface area contributed by atoms with Crippen molar-refractivity contribution < 1.29 is 9.53 Å². The number of aryl methyl sites for hydroxylation is 1. The maximum Gasteiger partial charge on any atom is 0.258 e. The number of para-hydroxylation sites is 1. The quantitative estimate of drug-likeness (QED) is 0.743. The summed E-state index contributed by atoms with van der Waals surface area (Å²) >= 11 is 0. The molecule has 1 N–H and O–H groups in total. The molecule has 0 saturated carbocycles. The Morgan fingerprint density at radius 2 is 1.81 bits per heavy atom. The molecule has 1 fully saturated rings. The van der Waals surface area contributed by atoms with Gasteiger partial charge in [0.1, 0.15) is 5.75 Å². The van der Waals surface area contributed by atoms with Crippen molar-refractivity contribution in [1.82, 2.24) is 15.1 Å². The highest BCUT2D eigenvalue weighted by Gasteiger charge is 2.26. The minimum absolute atomic E-state index is 0.0362. The lowest BCUT2D eigenvalue weighted by molar-refractivity contribution is -0.123. The highest BCUT2D eigenvalue weighted by molar-refractivity contribution is 5.77. The van der Waals surface area contributed by atoms with E-state index in [2.05, 4.69) is 52.3 Å². The van der Waals surface area contributed by atoms with Crippen LogP contribution in [-0.4, -0.2) is 75.7 Å². The van der Waals surface area contributed by atoms with E-state index in [1.54, 1.807) is 0 Å². The number of nitrogens with one attached hydrogen (secondary N) is 1. The third-order valence-electron chi connectivity index (χ3n) is 6.42. The van der Waals surface area contributed by atoms with Gasteiger partial charge in [0.25, 0.3) is 5.91 Å². The second-order valence-corrected chi connectivity index (χ2v) is 8.67. The molecular weight excluding hydrogens is 388 g/mol. The molecule has 4 rings (SSSR count). The van der Waals surface area contributed by atoms with Crippen molar-refractivity contribution in [2.24, 2.45) is 0 Å². The predicted molar refractivity (Wildman–Crippen MR) is 125 cm³/mol. The van der Waals surface area contributed by atoms with Crippen LogP contribution in [0.3, 0.4) is 0 Å². The third kappa shape index (κ3) is 5.57. The molecule has 6 nitrogen and oxygen atoms in total. The fourth-order valence-corrected chi connectivity index (χ4v) is 4.53. The summed E-state index contributed by atoms with van der Waals surface area (Å²) in [5.41, 5.74) is 4.06. The van der Waals surface area contributed by atoms with Gasteiger partial charge >= 0.3 is 0 Å². The van der Waals surface area contributed by atoms with Crippen molar-refractivity contribution in [2.75, 3.05) is 64.9 Å². The standard InChI is InChI=1S/C25H34N4O2/c1-27-13-15-29(16-14-27)24(18-26-25(30)19-31-22-8-4-3-5-9-22)21-10-11-23-20(17-21)7-6-12-28(23)2/h3-5,8-11,17,24H,6-7,12-16,18-19H2,1-2H3,(H,26,30)/t24-/m0/s1. The summed E-state index contributed by atoms with van der Waals surface area (Å²) in [6.07, 6.45) is 2.32. The number of carbonyl (C=O) groups excluding carboxylic acids is 1. The van der Waals surface area contributed by atoms with Crippen LogP contribution in [0.5, 0.6) is 5.75 Å². The minimum Gasteiger partial charge on any atom is -0.484 e. The molecule has 2 aromatic carbocycles. The van der Waals surface area contributed by atoms with Crippen LogP contribution in [0.1, 0.15) is 23.6 Å². The van der Waals surface area contributed by atoms with Gasteiger partial charge in [0, 0.05) is 52.0 Å². The Labute approximate surface area is 185 Å². The SMILES string of the molecule is CN1CCN([C@@H](CNC(=O)COc2ccccc2)c2ccc3c(c2)CCCN3C)CC1. The van der Waals surface area contributed by atoms with Gasteiger partial charge in [-0.05, 0) is 49.2 Å². The first-order chi connectivity index (χ1) is 15.1. The van der Waals surface area contributed by atoms with E-state index < -0.39 is 0 Å². The van der Waals surface area contributed by atoms with Crippen molar-refractivity contribution in [3.63, 3.8) is 0 Å². The fraction of sp³-hybridized carbons (Fsp3) is 0.480. The second kappa shape index (κ2) is 10.2. The molecular formula is C25H34N4O2. The molecule has 6 heteroatoms. The van der Waals surface area contributed by atoms with Crippen molar-refractivity contribution in [3.05, 3.63) is 59.7 Å². The number of benzene rings is 2. The molecule has 0 radical (unpaired) electrons. The summed E-state index contributed by atoms with van der Waals surface area (Å²) in [5.74, 6) is 0.632. The molecule has 2 aromatic rings. The molecule has 1 amide bonds. The number of likely N-dealkylation sites (N-methyl/N-ethyl adjacent to an activating group) is 1. The van der Waals surface area contributed by atoms with Crippen LogP contribution in [-0.2, 0) is 11.2 Å². The molecule has 0 aliphatic carbocycles. The van der Waals surface area contributed by atoms with Crippen LogP contribution in [0.4, 0.5) is 5.69 Å². The Hall–Kier alpha value is -2.57. The third-order valence-corrected chi connectivity index (χ3v) is 6.42. The zero-order valence-electron chi connectivity index (χ0n) is 18.7. The van der Waals surface area contributed by atoms with Crippen LogP contribution in [0.15, 0.2) is 48.5 Å². The number of carbonyl (C=O) groups is 1. The summed E-state index contributed by atoms with van der Waals surface area (Å²) < 4.78 is 5.61. The predicted octanol–water partition coefficient (Wildman–Crippen LogP) is 2.55. The Kier molecular flexibility index (Phi) is 7.10. The summed E-state index contributed by atoms with van der Waals surface area (Å²) in [4.78, 5) is 19.7. The highest BCUT2D eigenvalue weighted by atomic mass is 16.5. The lowest BCUT2D eigenvalue weighted by atomic mass is 9.95. The van der Waals surface area contributed by atoms with E-state index in [-0.39, 0.29) is 18.6 Å². The van der Waals surface area contributed by atoms with Crippen LogP contribution in [0.2, 0.25) is 0 Å². The van der Waals surface area contributed by atoms with E-state index >= 15 is 0 Å². The van der Waals surface area contributed by atoms with Gasteiger partial charge in [0.2, 0.25) is 0 Å². The highest BCUT2D eigenvalue weighted by Crippen LogP contribution is 2.31. The molecule has 0 unspecified atom stereocenters. The van der Waals surface area contributed by atoms with Crippen molar-refractivity contribution in [3.8, 4) is 5.75 Å². The number of fused-ring (bicyclic) bond motifs is 1. The van der Waals surface area contributed by atoms with Gasteiger partial charge in [-0.15, -0.1) is 0 Å². The van der Waals surface area contributed by atoms with Gasteiger partial charge in [0.05, 0.1) is 6.04 Å². The maximum atomic E-state index is 12.5. The zero-order valence-corrected chi connectivity index (χ0v) is 18.7. The fourth-order valence-electron chi connectivity index (χ4n) is 4.53. The summed E-state index contributed by atoms with van der Waals surface area (Å²) in [5, 5.41) is 3.12. The summed E-state index contributed by atoms with van der Waals surface area (Å²) in [6, 6.07) is 16.5. The summed E-state index contributed by atoms with van der Waals surface area (Å²) in [7, 11) is 4.34. The summed E-state index contributed by atoms with van der Waals surface area (Å²) in [6.45, 7) is 5.86. The largest absolute Gasteiger partial charge is 0.484 e. The number of amides is 1. The van der Waals surface area contributed by atoms with E-state index in [1.165, 1.54) is 23.2 Å². The van der Waals surface area contributed by atoms with Crippen LogP contribution in [0, 0.1) is 0 Å². The molecule has 2 aliphatic rings. The first-order valence-electron chi connectivity index (χ1n) is 11.3. The molecule has 31 heavy (non-hydrogen) atoms. The van der Waals surface area contributed by atoms with Crippen molar-refractivity contribution >= 4 is 11.6 Å². The molecule has 2 heterocycles. The number of piperazine rings is 1. The smallest absolute Gasteiger partial charge is 0.258 e. The molecule has 166 valence electrons. The molecule has 0 bridgehead atoms. The van der Waals surface area contributed by atoms with Gasteiger partial charge in [0.15, 0.2) is 6.61 Å². The van der Waals surface area contributed by atoms with E-state index in [0.29, 0.717) is 12.3 Å². The Morgan fingerprint density at radius 3 is 2.58 bits per heavy atom. The number of hydrogen-bond donors (Lipinski definition) is 1. The molecule has 0 aromatic heterocycles. The minimum atomic E-state index is -0.0827. The van der Waals surface area contributed by atoms with E-state index in [4.69, 9.17) is 4.74 Å². The van der Waals surface area contributed by atoms with Gasteiger partial charge in [-0.2, -0.15) is 0 Å². The van der Waals surface area contributed by atoms with E-state index in [0.717, 1.165) is 39.1 Å². The molecule has 1 saturated heterocycles. The number of ether oxygens (including phenoxy) is 1. The van der Waals surface area contributed by atoms with E-state index in [1.807, 2.05) is 30.3 Å². The van der Waals surface area contributed by atoms with E-state index in [9.17, 15) is 4.79 Å². The monoisotopic (exact) mass is 422 g/mol. The Bertz CT molecular complexity index is 865.